The lowest BCUT2D eigenvalue weighted by Gasteiger charge is -2.15. The van der Waals surface area contributed by atoms with Crippen molar-refractivity contribution in [3.8, 4) is 0 Å². The molecule has 27 heavy (non-hydrogen) atoms. The molecule has 2 fully saturated rings. The van der Waals surface area contributed by atoms with Gasteiger partial charge in [-0.1, -0.05) is 42.8 Å². The number of imide groups is 1. The predicted octanol–water partition coefficient (Wildman–Crippen LogP) is 3.76. The van der Waals surface area contributed by atoms with Crippen LogP contribution in [0.1, 0.15) is 57.2 Å². The van der Waals surface area contributed by atoms with Crippen LogP contribution >= 0.6 is 11.8 Å². The SMILES string of the molecule is CC(Sc1nc(C2CC2)nc2ccccc12)C(=O)NC(=O)NC1CCCC1. The molecule has 1 unspecified atom stereocenters. The zero-order chi connectivity index (χ0) is 18.8. The number of nitrogens with zero attached hydrogens (tertiary/aromatic N) is 2. The molecule has 2 aliphatic rings. The van der Waals surface area contributed by atoms with E-state index in [2.05, 4.69) is 15.6 Å². The minimum absolute atomic E-state index is 0.188. The van der Waals surface area contributed by atoms with Crippen LogP contribution in [-0.2, 0) is 4.79 Å². The van der Waals surface area contributed by atoms with E-state index in [1.165, 1.54) is 11.8 Å². The molecule has 0 saturated heterocycles. The summed E-state index contributed by atoms with van der Waals surface area (Å²) in [7, 11) is 0. The summed E-state index contributed by atoms with van der Waals surface area (Å²) in [6.45, 7) is 1.80. The summed E-state index contributed by atoms with van der Waals surface area (Å²) < 4.78 is 0. The predicted molar refractivity (Wildman–Crippen MR) is 106 cm³/mol. The summed E-state index contributed by atoms with van der Waals surface area (Å²) in [5.41, 5.74) is 0.906. The lowest BCUT2D eigenvalue weighted by atomic mass is 10.2. The van der Waals surface area contributed by atoms with Crippen molar-refractivity contribution in [3.05, 3.63) is 30.1 Å². The van der Waals surface area contributed by atoms with Gasteiger partial charge in [0.15, 0.2) is 0 Å². The Bertz CT molecular complexity index is 862. The summed E-state index contributed by atoms with van der Waals surface area (Å²) >= 11 is 1.38. The molecule has 1 aromatic carbocycles. The Morgan fingerprint density at radius 3 is 2.59 bits per heavy atom. The molecule has 4 rings (SSSR count). The number of amides is 3. The van der Waals surface area contributed by atoms with Crippen LogP contribution in [0.2, 0.25) is 0 Å². The van der Waals surface area contributed by atoms with E-state index < -0.39 is 11.3 Å². The molecule has 2 aromatic rings. The first-order valence-electron chi connectivity index (χ1n) is 9.65. The van der Waals surface area contributed by atoms with Gasteiger partial charge < -0.3 is 5.32 Å². The van der Waals surface area contributed by atoms with Crippen molar-refractivity contribution in [3.63, 3.8) is 0 Å². The van der Waals surface area contributed by atoms with Crippen LogP contribution in [0.4, 0.5) is 4.79 Å². The number of rotatable bonds is 5. The van der Waals surface area contributed by atoms with Gasteiger partial charge in [0.25, 0.3) is 0 Å². The molecule has 0 spiro atoms. The molecular weight excluding hydrogens is 360 g/mol. The van der Waals surface area contributed by atoms with Gasteiger partial charge in [-0.15, -0.1) is 0 Å². The summed E-state index contributed by atoms with van der Waals surface area (Å²) in [4.78, 5) is 33.9. The molecule has 2 N–H and O–H groups in total. The Morgan fingerprint density at radius 1 is 1.11 bits per heavy atom. The lowest BCUT2D eigenvalue weighted by molar-refractivity contribution is -0.119. The van der Waals surface area contributed by atoms with E-state index in [9.17, 15) is 9.59 Å². The van der Waals surface area contributed by atoms with Crippen LogP contribution in [-0.4, -0.2) is 33.2 Å². The molecule has 1 heterocycles. The number of thioether (sulfide) groups is 1. The zero-order valence-electron chi connectivity index (χ0n) is 15.4. The van der Waals surface area contributed by atoms with Crippen LogP contribution in [0.5, 0.6) is 0 Å². The average Bonchev–Trinajstić information content (AvgIpc) is 3.39. The van der Waals surface area contributed by atoms with Crippen LogP contribution in [0.3, 0.4) is 0 Å². The normalized spacial score (nSPS) is 18.4. The zero-order valence-corrected chi connectivity index (χ0v) is 16.2. The second-order valence-corrected chi connectivity index (χ2v) is 8.71. The number of fused-ring (bicyclic) bond motifs is 1. The highest BCUT2D eigenvalue weighted by Crippen LogP contribution is 2.40. The van der Waals surface area contributed by atoms with Crippen molar-refractivity contribution < 1.29 is 9.59 Å². The number of hydrogen-bond donors (Lipinski definition) is 2. The van der Waals surface area contributed by atoms with E-state index in [-0.39, 0.29) is 11.9 Å². The molecule has 142 valence electrons. The minimum atomic E-state index is -0.426. The van der Waals surface area contributed by atoms with Crippen molar-refractivity contribution in [2.75, 3.05) is 0 Å². The lowest BCUT2D eigenvalue weighted by Crippen LogP contribution is -2.45. The van der Waals surface area contributed by atoms with E-state index in [4.69, 9.17) is 4.98 Å². The Labute approximate surface area is 162 Å². The maximum absolute atomic E-state index is 12.5. The third-order valence-corrected chi connectivity index (χ3v) is 6.21. The third kappa shape index (κ3) is 4.40. The largest absolute Gasteiger partial charge is 0.335 e. The number of urea groups is 1. The van der Waals surface area contributed by atoms with Gasteiger partial charge >= 0.3 is 6.03 Å². The number of benzene rings is 1. The maximum Gasteiger partial charge on any atom is 0.321 e. The second-order valence-electron chi connectivity index (χ2n) is 7.38. The smallest absolute Gasteiger partial charge is 0.321 e. The van der Waals surface area contributed by atoms with Crippen LogP contribution < -0.4 is 10.6 Å². The number of aromatic nitrogens is 2. The fourth-order valence-electron chi connectivity index (χ4n) is 3.40. The highest BCUT2D eigenvalue weighted by molar-refractivity contribution is 8.00. The summed E-state index contributed by atoms with van der Waals surface area (Å²) in [6.07, 6.45) is 6.50. The van der Waals surface area contributed by atoms with Gasteiger partial charge in [-0.05, 0) is 38.7 Å². The summed E-state index contributed by atoms with van der Waals surface area (Å²) in [5, 5.41) is 6.68. The number of hydrogen-bond acceptors (Lipinski definition) is 5. The standard InChI is InChI=1S/C20H24N4O2S/c1-12(18(25)24-20(26)21-14-6-2-3-7-14)27-19-15-8-4-5-9-16(15)22-17(23-19)13-10-11-13/h4-5,8-9,12-14H,2-3,6-7,10-11H2,1H3,(H2,21,24,25,26). The molecular formula is C20H24N4O2S. The van der Waals surface area contributed by atoms with Gasteiger partial charge in [0, 0.05) is 17.3 Å². The van der Waals surface area contributed by atoms with E-state index in [0.29, 0.717) is 5.92 Å². The number of carbonyl (C=O) groups is 2. The Kier molecular flexibility index (Phi) is 5.29. The molecule has 2 aliphatic carbocycles. The van der Waals surface area contributed by atoms with Crippen molar-refractivity contribution in [2.45, 2.75) is 67.7 Å². The second kappa shape index (κ2) is 7.84. The average molecular weight is 385 g/mol. The topological polar surface area (TPSA) is 84.0 Å². The van der Waals surface area contributed by atoms with Crippen molar-refractivity contribution in [1.29, 1.82) is 0 Å². The molecule has 7 heteroatoms. The van der Waals surface area contributed by atoms with Crippen LogP contribution in [0.15, 0.2) is 29.3 Å². The van der Waals surface area contributed by atoms with E-state index in [1.54, 1.807) is 6.92 Å². The highest BCUT2D eigenvalue weighted by Gasteiger charge is 2.28. The van der Waals surface area contributed by atoms with Crippen molar-refractivity contribution in [2.24, 2.45) is 0 Å². The Balaban J connectivity index is 1.44. The van der Waals surface area contributed by atoms with Crippen LogP contribution in [0, 0.1) is 0 Å². The van der Waals surface area contributed by atoms with Gasteiger partial charge in [-0.3, -0.25) is 10.1 Å². The fraction of sp³-hybridized carbons (Fsp3) is 0.500. The molecule has 6 nitrogen and oxygen atoms in total. The molecule has 3 amide bonds. The quantitative estimate of drug-likeness (QED) is 0.606. The first-order chi connectivity index (χ1) is 13.1. The van der Waals surface area contributed by atoms with E-state index >= 15 is 0 Å². The fourth-order valence-corrected chi connectivity index (χ4v) is 4.35. The molecule has 1 atom stereocenters. The van der Waals surface area contributed by atoms with Crippen LogP contribution in [0.25, 0.3) is 10.9 Å². The van der Waals surface area contributed by atoms with Gasteiger partial charge in [0.2, 0.25) is 5.91 Å². The van der Waals surface area contributed by atoms with E-state index in [1.807, 2.05) is 24.3 Å². The third-order valence-electron chi connectivity index (χ3n) is 5.11. The number of para-hydroxylation sites is 1. The highest BCUT2D eigenvalue weighted by atomic mass is 32.2. The minimum Gasteiger partial charge on any atom is -0.335 e. The molecule has 2 saturated carbocycles. The summed E-state index contributed by atoms with van der Waals surface area (Å²) in [6, 6.07) is 7.66. The number of nitrogens with one attached hydrogen (secondary N) is 2. The van der Waals surface area contributed by atoms with Gasteiger partial charge in [0.1, 0.15) is 10.9 Å². The molecule has 1 aromatic heterocycles. The summed E-state index contributed by atoms with van der Waals surface area (Å²) in [5.74, 6) is 1.00. The van der Waals surface area contributed by atoms with E-state index in [0.717, 1.165) is 60.3 Å². The van der Waals surface area contributed by atoms with Crippen molar-refractivity contribution in [1.82, 2.24) is 20.6 Å². The first-order valence-corrected chi connectivity index (χ1v) is 10.5. The molecule has 0 radical (unpaired) electrons. The monoisotopic (exact) mass is 384 g/mol. The maximum atomic E-state index is 12.5. The Hall–Kier alpha value is -2.15. The molecule has 0 bridgehead atoms. The van der Waals surface area contributed by atoms with Gasteiger partial charge in [-0.2, -0.15) is 0 Å². The van der Waals surface area contributed by atoms with Gasteiger partial charge in [0.05, 0.1) is 10.8 Å². The van der Waals surface area contributed by atoms with Gasteiger partial charge in [-0.25, -0.2) is 14.8 Å². The first kappa shape index (κ1) is 18.2. The Morgan fingerprint density at radius 2 is 1.85 bits per heavy atom. The molecule has 0 aliphatic heterocycles. The van der Waals surface area contributed by atoms with Crippen molar-refractivity contribution >= 4 is 34.6 Å². The number of carbonyl (C=O) groups excluding carboxylic acids is 2.